The van der Waals surface area contributed by atoms with Gasteiger partial charge in [0.1, 0.15) is 0 Å². The minimum absolute atomic E-state index is 1.18. The fourth-order valence-corrected chi connectivity index (χ4v) is 2.46. The zero-order valence-electron chi connectivity index (χ0n) is 11.3. The van der Waals surface area contributed by atoms with E-state index in [-0.39, 0.29) is 0 Å². The monoisotopic (exact) mass is 247 g/mol. The van der Waals surface area contributed by atoms with Crippen molar-refractivity contribution in [3.05, 3.63) is 71.8 Å². The predicted molar refractivity (Wildman–Crippen MR) is 81.1 cm³/mol. The Morgan fingerprint density at radius 1 is 0.579 bits per heavy atom. The fourth-order valence-electron chi connectivity index (χ4n) is 2.46. The Balaban J connectivity index is 2.06. The maximum absolute atomic E-state index is 3.53. The molecule has 0 atom stereocenters. The summed E-state index contributed by atoms with van der Waals surface area (Å²) in [4.78, 5) is 3.53. The number of nitrogens with one attached hydrogen (secondary N) is 1. The van der Waals surface area contributed by atoms with E-state index in [2.05, 4.69) is 79.5 Å². The Bertz CT molecular complexity index is 647. The molecule has 1 heteroatoms. The molecule has 0 fully saturated rings. The third-order valence-corrected chi connectivity index (χ3v) is 3.56. The second-order valence-corrected chi connectivity index (χ2v) is 4.92. The molecule has 19 heavy (non-hydrogen) atoms. The smallest absolute Gasteiger partial charge is 0.0461 e. The van der Waals surface area contributed by atoms with Gasteiger partial charge in [0.25, 0.3) is 0 Å². The van der Waals surface area contributed by atoms with Crippen LogP contribution >= 0.6 is 0 Å². The topological polar surface area (TPSA) is 15.8 Å². The molecular weight excluding hydrogens is 230 g/mol. The van der Waals surface area contributed by atoms with Gasteiger partial charge in [-0.2, -0.15) is 0 Å². The van der Waals surface area contributed by atoms with Crippen LogP contribution in [0, 0.1) is 13.8 Å². The van der Waals surface area contributed by atoms with Crippen LogP contribution in [0.3, 0.4) is 0 Å². The molecule has 1 nitrogen and oxygen atoms in total. The van der Waals surface area contributed by atoms with Gasteiger partial charge in [-0.25, -0.2) is 0 Å². The van der Waals surface area contributed by atoms with Gasteiger partial charge in [-0.3, -0.25) is 0 Å². The van der Waals surface area contributed by atoms with Crippen LogP contribution in [-0.2, 0) is 0 Å². The quantitative estimate of drug-likeness (QED) is 0.658. The van der Waals surface area contributed by atoms with E-state index in [9.17, 15) is 0 Å². The van der Waals surface area contributed by atoms with Gasteiger partial charge in [0.15, 0.2) is 0 Å². The molecule has 0 aliphatic carbocycles. The van der Waals surface area contributed by atoms with Crippen molar-refractivity contribution in [2.75, 3.05) is 0 Å². The van der Waals surface area contributed by atoms with Crippen LogP contribution < -0.4 is 0 Å². The molecule has 0 saturated heterocycles. The lowest BCUT2D eigenvalue weighted by Gasteiger charge is -2.04. The summed E-state index contributed by atoms with van der Waals surface area (Å²) in [7, 11) is 0. The minimum Gasteiger partial charge on any atom is -0.355 e. The number of rotatable bonds is 2. The normalized spacial score (nSPS) is 10.6. The lowest BCUT2D eigenvalue weighted by molar-refractivity contribution is 1.34. The zero-order valence-corrected chi connectivity index (χ0v) is 11.3. The number of aromatic nitrogens is 1. The molecule has 0 aliphatic rings. The first-order chi connectivity index (χ1) is 9.25. The highest BCUT2D eigenvalue weighted by Gasteiger charge is 2.06. The average Bonchev–Trinajstić information content (AvgIpc) is 2.89. The lowest BCUT2D eigenvalue weighted by atomic mass is 10.1. The molecule has 0 radical (unpaired) electrons. The Morgan fingerprint density at radius 3 is 1.42 bits per heavy atom. The number of aryl methyl sites for hydroxylation is 2. The summed E-state index contributed by atoms with van der Waals surface area (Å²) < 4.78 is 0. The van der Waals surface area contributed by atoms with E-state index in [1.165, 1.54) is 33.6 Å². The molecule has 1 aromatic heterocycles. The largest absolute Gasteiger partial charge is 0.355 e. The molecule has 0 unspecified atom stereocenters. The average molecular weight is 247 g/mol. The highest BCUT2D eigenvalue weighted by molar-refractivity contribution is 5.71. The van der Waals surface area contributed by atoms with Gasteiger partial charge in [0.05, 0.1) is 0 Å². The van der Waals surface area contributed by atoms with Crippen molar-refractivity contribution in [2.24, 2.45) is 0 Å². The third-order valence-electron chi connectivity index (χ3n) is 3.56. The summed E-state index contributed by atoms with van der Waals surface area (Å²) in [6, 6.07) is 21.2. The van der Waals surface area contributed by atoms with Crippen molar-refractivity contribution in [1.29, 1.82) is 0 Å². The number of benzene rings is 2. The van der Waals surface area contributed by atoms with E-state index in [1.807, 2.05) is 0 Å². The Labute approximate surface area is 113 Å². The molecule has 2 aromatic carbocycles. The highest BCUT2D eigenvalue weighted by Crippen LogP contribution is 2.28. The van der Waals surface area contributed by atoms with Crippen LogP contribution in [0.1, 0.15) is 11.1 Å². The van der Waals surface area contributed by atoms with E-state index in [0.29, 0.717) is 0 Å². The van der Waals surface area contributed by atoms with Gasteiger partial charge in [-0.15, -0.1) is 0 Å². The van der Waals surface area contributed by atoms with Crippen LogP contribution in [0.5, 0.6) is 0 Å². The highest BCUT2D eigenvalue weighted by atomic mass is 14.7. The Hall–Kier alpha value is -2.28. The zero-order chi connectivity index (χ0) is 13.2. The van der Waals surface area contributed by atoms with Gasteiger partial charge in [-0.05, 0) is 37.1 Å². The van der Waals surface area contributed by atoms with Gasteiger partial charge < -0.3 is 4.98 Å². The molecule has 1 heterocycles. The second kappa shape index (κ2) is 4.77. The maximum Gasteiger partial charge on any atom is 0.0461 e. The number of hydrogen-bond acceptors (Lipinski definition) is 0. The summed E-state index contributed by atoms with van der Waals surface area (Å²) in [5.74, 6) is 0. The fraction of sp³-hybridized carbons (Fsp3) is 0.111. The van der Waals surface area contributed by atoms with E-state index >= 15 is 0 Å². The van der Waals surface area contributed by atoms with Gasteiger partial charge in [0, 0.05) is 22.5 Å². The summed E-state index contributed by atoms with van der Waals surface area (Å²) >= 11 is 0. The molecule has 94 valence electrons. The molecule has 0 saturated carbocycles. The van der Waals surface area contributed by atoms with E-state index in [0.717, 1.165) is 0 Å². The van der Waals surface area contributed by atoms with Crippen molar-refractivity contribution >= 4 is 0 Å². The van der Waals surface area contributed by atoms with Crippen molar-refractivity contribution in [2.45, 2.75) is 13.8 Å². The Kier molecular flexibility index (Phi) is 2.96. The van der Waals surface area contributed by atoms with Crippen molar-refractivity contribution in [3.63, 3.8) is 0 Å². The molecule has 0 aliphatic heterocycles. The second-order valence-electron chi connectivity index (χ2n) is 4.92. The van der Waals surface area contributed by atoms with Crippen LogP contribution in [-0.4, -0.2) is 4.98 Å². The first-order valence-corrected chi connectivity index (χ1v) is 6.57. The van der Waals surface area contributed by atoms with Gasteiger partial charge in [0.2, 0.25) is 0 Å². The maximum atomic E-state index is 3.53. The van der Waals surface area contributed by atoms with E-state index in [1.54, 1.807) is 0 Å². The van der Waals surface area contributed by atoms with Gasteiger partial charge in [-0.1, -0.05) is 48.5 Å². The van der Waals surface area contributed by atoms with E-state index < -0.39 is 0 Å². The van der Waals surface area contributed by atoms with Gasteiger partial charge >= 0.3 is 0 Å². The molecular formula is C18H17N. The number of H-pyrrole nitrogens is 1. The Morgan fingerprint density at radius 2 is 1.00 bits per heavy atom. The summed E-state index contributed by atoms with van der Waals surface area (Å²) in [6.07, 6.45) is 0. The molecule has 0 bridgehead atoms. The molecule has 3 aromatic rings. The van der Waals surface area contributed by atoms with Crippen LogP contribution in [0.15, 0.2) is 60.7 Å². The molecule has 0 amide bonds. The van der Waals surface area contributed by atoms with Crippen molar-refractivity contribution in [1.82, 2.24) is 4.98 Å². The molecule has 1 N–H and O–H groups in total. The minimum atomic E-state index is 1.18. The van der Waals surface area contributed by atoms with E-state index in [4.69, 9.17) is 0 Å². The first-order valence-electron chi connectivity index (χ1n) is 6.57. The predicted octanol–water partition coefficient (Wildman–Crippen LogP) is 4.97. The third kappa shape index (κ3) is 2.19. The standard InChI is InChI=1S/C18H17N/c1-13-7-3-5-9-15(13)17-11-12-18(19-17)16-10-6-4-8-14(16)2/h3-12,19H,1-2H3. The summed E-state index contributed by atoms with van der Waals surface area (Å²) in [5.41, 5.74) is 7.47. The molecule has 3 rings (SSSR count). The number of aromatic amines is 1. The summed E-state index contributed by atoms with van der Waals surface area (Å²) in [5, 5.41) is 0. The first kappa shape index (κ1) is 11.8. The number of hydrogen-bond donors (Lipinski definition) is 1. The van der Waals surface area contributed by atoms with Crippen molar-refractivity contribution in [3.8, 4) is 22.5 Å². The summed E-state index contributed by atoms with van der Waals surface area (Å²) in [6.45, 7) is 4.28. The van der Waals surface area contributed by atoms with Crippen molar-refractivity contribution < 1.29 is 0 Å². The van der Waals surface area contributed by atoms with Crippen LogP contribution in [0.2, 0.25) is 0 Å². The lowest BCUT2D eigenvalue weighted by Crippen LogP contribution is -1.85. The SMILES string of the molecule is Cc1ccccc1-c1ccc(-c2ccccc2C)[nH]1. The van der Waals surface area contributed by atoms with Crippen LogP contribution in [0.25, 0.3) is 22.5 Å². The molecule has 0 spiro atoms. The van der Waals surface area contributed by atoms with Crippen LogP contribution in [0.4, 0.5) is 0 Å².